The zero-order valence-corrected chi connectivity index (χ0v) is 15.3. The normalized spacial score (nSPS) is 18.5. The molecule has 2 aliphatic rings. The maximum absolute atomic E-state index is 12.6. The van der Waals surface area contributed by atoms with E-state index in [1.807, 2.05) is 10.3 Å². The molecule has 1 atom stereocenters. The second kappa shape index (κ2) is 7.20. The number of ether oxygens (including phenoxy) is 2. The van der Waals surface area contributed by atoms with Crippen molar-refractivity contribution in [3.05, 3.63) is 56.8 Å². The summed E-state index contributed by atoms with van der Waals surface area (Å²) in [5, 5.41) is 14.0. The van der Waals surface area contributed by atoms with Gasteiger partial charge in [0.05, 0.1) is 36.0 Å². The number of nitrogens with zero attached hydrogens (tertiary/aromatic N) is 3. The van der Waals surface area contributed by atoms with Gasteiger partial charge in [0.1, 0.15) is 0 Å². The van der Waals surface area contributed by atoms with E-state index in [2.05, 4.69) is 4.99 Å². The van der Waals surface area contributed by atoms with Gasteiger partial charge in [-0.1, -0.05) is 17.8 Å². The summed E-state index contributed by atoms with van der Waals surface area (Å²) in [7, 11) is 1.38. The third-order valence-electron chi connectivity index (χ3n) is 4.03. The molecule has 0 bridgehead atoms. The van der Waals surface area contributed by atoms with E-state index in [-0.39, 0.29) is 18.0 Å². The van der Waals surface area contributed by atoms with E-state index in [0.29, 0.717) is 22.0 Å². The molecule has 26 heavy (non-hydrogen) atoms. The predicted molar refractivity (Wildman–Crippen MR) is 97.7 cm³/mol. The van der Waals surface area contributed by atoms with Crippen molar-refractivity contribution < 1.29 is 19.2 Å². The second-order valence-corrected chi connectivity index (χ2v) is 6.39. The summed E-state index contributed by atoms with van der Waals surface area (Å²) in [5.74, 6) is -0.324. The van der Waals surface area contributed by atoms with Crippen LogP contribution in [0.25, 0.3) is 0 Å². The number of hydrogen-bond donors (Lipinski definition) is 0. The molecule has 0 amide bonds. The van der Waals surface area contributed by atoms with Gasteiger partial charge in [0.15, 0.2) is 10.9 Å². The lowest BCUT2D eigenvalue weighted by molar-refractivity contribution is -0.385. The number of carbonyl (C=O) groups is 1. The van der Waals surface area contributed by atoms with Crippen LogP contribution in [0.3, 0.4) is 0 Å². The molecule has 0 aliphatic carbocycles. The highest BCUT2D eigenvalue weighted by molar-refractivity contribution is 8.16. The monoisotopic (exact) mass is 375 g/mol. The molecule has 0 N–H and O–H groups in total. The van der Waals surface area contributed by atoms with Gasteiger partial charge in [-0.2, -0.15) is 0 Å². The van der Waals surface area contributed by atoms with Crippen molar-refractivity contribution in [1.82, 2.24) is 4.90 Å². The lowest BCUT2D eigenvalue weighted by Crippen LogP contribution is -2.34. The molecule has 0 spiro atoms. The zero-order valence-electron chi connectivity index (χ0n) is 14.5. The Morgan fingerprint density at radius 3 is 2.88 bits per heavy atom. The molecule has 8 nitrogen and oxygen atoms in total. The number of methoxy groups -OCH3 is 1. The quantitative estimate of drug-likeness (QED) is 0.442. The summed E-state index contributed by atoms with van der Waals surface area (Å²) in [4.78, 5) is 29.7. The molecule has 0 radical (unpaired) electrons. The van der Waals surface area contributed by atoms with Crippen LogP contribution in [0.15, 0.2) is 46.1 Å². The van der Waals surface area contributed by atoms with Crippen molar-refractivity contribution in [2.24, 2.45) is 4.99 Å². The van der Waals surface area contributed by atoms with Gasteiger partial charge in [-0.25, -0.2) is 9.79 Å². The van der Waals surface area contributed by atoms with E-state index in [4.69, 9.17) is 9.47 Å². The molecular formula is C17H17N3O5S. The van der Waals surface area contributed by atoms with Crippen LogP contribution < -0.4 is 4.74 Å². The zero-order chi connectivity index (χ0) is 18.8. The third kappa shape index (κ3) is 3.05. The molecule has 0 fully saturated rings. The van der Waals surface area contributed by atoms with Crippen LogP contribution in [0, 0.1) is 10.1 Å². The van der Waals surface area contributed by atoms with E-state index in [1.165, 1.54) is 31.0 Å². The van der Waals surface area contributed by atoms with Gasteiger partial charge in [-0.05, 0) is 30.9 Å². The van der Waals surface area contributed by atoms with Crippen molar-refractivity contribution in [3.63, 3.8) is 0 Å². The number of thioether (sulfide) groups is 1. The van der Waals surface area contributed by atoms with Gasteiger partial charge < -0.3 is 14.4 Å². The van der Waals surface area contributed by atoms with Gasteiger partial charge >= 0.3 is 11.7 Å². The van der Waals surface area contributed by atoms with E-state index in [1.54, 1.807) is 26.1 Å². The highest BCUT2D eigenvalue weighted by atomic mass is 32.2. The SMILES string of the molecule is CCOC(=O)C1=C(C)N=C2SC=CN2[C@@H]1c1ccc(OC)c([N+](=O)[O-])c1. The average Bonchev–Trinajstić information content (AvgIpc) is 3.07. The molecule has 0 aromatic heterocycles. The number of amidine groups is 1. The molecule has 0 saturated carbocycles. The summed E-state index contributed by atoms with van der Waals surface area (Å²) in [5.41, 5.74) is 1.32. The van der Waals surface area contributed by atoms with E-state index >= 15 is 0 Å². The molecule has 0 unspecified atom stereocenters. The maximum atomic E-state index is 12.6. The predicted octanol–water partition coefficient (Wildman–Crippen LogP) is 3.37. The molecule has 1 aromatic carbocycles. The summed E-state index contributed by atoms with van der Waals surface area (Å²) < 4.78 is 10.3. The molecule has 0 saturated heterocycles. The Morgan fingerprint density at radius 2 is 2.23 bits per heavy atom. The number of nitro groups is 1. The fourth-order valence-electron chi connectivity index (χ4n) is 2.92. The third-order valence-corrected chi connectivity index (χ3v) is 4.80. The van der Waals surface area contributed by atoms with E-state index in [0.717, 1.165) is 0 Å². The minimum Gasteiger partial charge on any atom is -0.490 e. The van der Waals surface area contributed by atoms with Crippen LogP contribution in [0.5, 0.6) is 5.75 Å². The first kappa shape index (κ1) is 18.0. The van der Waals surface area contributed by atoms with E-state index < -0.39 is 16.9 Å². The van der Waals surface area contributed by atoms with Gasteiger partial charge in [0, 0.05) is 12.3 Å². The standard InChI is InChI=1S/C17H17N3O5S/c1-4-25-16(21)14-10(2)18-17-19(7-8-26-17)15(14)11-5-6-13(24-3)12(9-11)20(22)23/h5-9,15H,4H2,1-3H3/t15-/m1/s1. The lowest BCUT2D eigenvalue weighted by atomic mass is 9.94. The lowest BCUT2D eigenvalue weighted by Gasteiger charge is -2.33. The molecule has 9 heteroatoms. The summed E-state index contributed by atoms with van der Waals surface area (Å²) in [6, 6.07) is 4.11. The number of allylic oxidation sites excluding steroid dienone is 1. The first-order valence-electron chi connectivity index (χ1n) is 7.88. The first-order chi connectivity index (χ1) is 12.5. The van der Waals surface area contributed by atoms with Gasteiger partial charge in [-0.15, -0.1) is 0 Å². The average molecular weight is 375 g/mol. The molecule has 2 heterocycles. The number of benzene rings is 1. The van der Waals surface area contributed by atoms with Crippen molar-refractivity contribution in [2.75, 3.05) is 13.7 Å². The molecule has 3 rings (SSSR count). The van der Waals surface area contributed by atoms with Crippen LogP contribution in [0.4, 0.5) is 5.69 Å². The van der Waals surface area contributed by atoms with Crippen LogP contribution in [-0.2, 0) is 9.53 Å². The van der Waals surface area contributed by atoms with Crippen molar-refractivity contribution in [1.29, 1.82) is 0 Å². The Balaban J connectivity index is 2.15. The Bertz CT molecular complexity index is 862. The molecule has 1 aromatic rings. The van der Waals surface area contributed by atoms with Crippen molar-refractivity contribution in [2.45, 2.75) is 19.9 Å². The van der Waals surface area contributed by atoms with Crippen LogP contribution in [-0.4, -0.2) is 34.7 Å². The molecule has 2 aliphatic heterocycles. The topological polar surface area (TPSA) is 94.3 Å². The first-order valence-corrected chi connectivity index (χ1v) is 8.76. The largest absolute Gasteiger partial charge is 0.490 e. The Hall–Kier alpha value is -2.81. The Kier molecular flexibility index (Phi) is 4.99. The number of rotatable bonds is 5. The summed E-state index contributed by atoms with van der Waals surface area (Å²) >= 11 is 1.42. The van der Waals surface area contributed by atoms with Crippen LogP contribution >= 0.6 is 11.8 Å². The highest BCUT2D eigenvalue weighted by Gasteiger charge is 2.38. The summed E-state index contributed by atoms with van der Waals surface area (Å²) in [6.07, 6.45) is 1.80. The smallest absolute Gasteiger partial charge is 0.338 e. The Morgan fingerprint density at radius 1 is 1.46 bits per heavy atom. The fraction of sp³-hybridized carbons (Fsp3) is 0.294. The Labute approximate surface area is 154 Å². The van der Waals surface area contributed by atoms with Gasteiger partial charge in [-0.3, -0.25) is 10.1 Å². The molecular weight excluding hydrogens is 358 g/mol. The van der Waals surface area contributed by atoms with Gasteiger partial charge in [0.2, 0.25) is 0 Å². The number of carbonyl (C=O) groups excluding carboxylic acids is 1. The van der Waals surface area contributed by atoms with Crippen molar-refractivity contribution >= 4 is 28.6 Å². The minimum absolute atomic E-state index is 0.160. The summed E-state index contributed by atoms with van der Waals surface area (Å²) in [6.45, 7) is 3.69. The minimum atomic E-state index is -0.558. The number of fused-ring (bicyclic) bond motifs is 1. The van der Waals surface area contributed by atoms with Crippen LogP contribution in [0.1, 0.15) is 25.5 Å². The highest BCUT2D eigenvalue weighted by Crippen LogP contribution is 2.42. The van der Waals surface area contributed by atoms with Crippen LogP contribution in [0.2, 0.25) is 0 Å². The van der Waals surface area contributed by atoms with Gasteiger partial charge in [0.25, 0.3) is 0 Å². The number of nitro benzene ring substituents is 1. The number of aliphatic imine (C=N–C) groups is 1. The maximum Gasteiger partial charge on any atom is 0.338 e. The fourth-order valence-corrected chi connectivity index (χ4v) is 3.71. The second-order valence-electron chi connectivity index (χ2n) is 5.52. The number of esters is 1. The van der Waals surface area contributed by atoms with Crippen molar-refractivity contribution in [3.8, 4) is 5.75 Å². The van der Waals surface area contributed by atoms with E-state index in [9.17, 15) is 14.9 Å². The molecule has 136 valence electrons. The number of hydrogen-bond acceptors (Lipinski definition) is 8.